The van der Waals surface area contributed by atoms with Gasteiger partial charge in [-0.25, -0.2) is 0 Å². The summed E-state index contributed by atoms with van der Waals surface area (Å²) in [5.41, 5.74) is 2.11. The van der Waals surface area contributed by atoms with Crippen LogP contribution < -0.4 is 10.1 Å². The fourth-order valence-corrected chi connectivity index (χ4v) is 2.34. The van der Waals surface area contributed by atoms with Crippen LogP contribution in [0, 0.1) is 13.8 Å². The van der Waals surface area contributed by atoms with Crippen molar-refractivity contribution in [2.75, 3.05) is 5.32 Å². The van der Waals surface area contributed by atoms with Crippen LogP contribution in [-0.4, -0.2) is 17.7 Å². The molecule has 0 atom stereocenters. The Kier molecular flexibility index (Phi) is 5.54. The second-order valence-corrected chi connectivity index (χ2v) is 5.24. The zero-order chi connectivity index (χ0) is 17.0. The van der Waals surface area contributed by atoms with Gasteiger partial charge in [-0.1, -0.05) is 17.3 Å². The third-order valence-corrected chi connectivity index (χ3v) is 3.55. The lowest BCUT2D eigenvalue weighted by Gasteiger charge is -2.14. The van der Waals surface area contributed by atoms with Crippen LogP contribution in [0.1, 0.15) is 23.2 Å². The van der Waals surface area contributed by atoms with Crippen molar-refractivity contribution in [1.82, 2.24) is 5.16 Å². The number of carbonyl (C=O) groups is 1. The molecule has 5 nitrogen and oxygen atoms in total. The van der Waals surface area contributed by atoms with E-state index in [9.17, 15) is 13.6 Å². The molecule has 1 amide bonds. The van der Waals surface area contributed by atoms with E-state index in [0.29, 0.717) is 23.2 Å². The number of aromatic nitrogens is 1. The van der Waals surface area contributed by atoms with Gasteiger partial charge in [-0.15, -0.1) is 0 Å². The Morgan fingerprint density at radius 2 is 2.17 bits per heavy atom. The summed E-state index contributed by atoms with van der Waals surface area (Å²) in [5.74, 6) is -0.428. The average molecular weight is 345 g/mol. The molecule has 0 aliphatic heterocycles. The first kappa shape index (κ1) is 17.2. The second-order valence-electron chi connectivity index (χ2n) is 4.89. The van der Waals surface area contributed by atoms with Gasteiger partial charge in [0.2, 0.25) is 11.1 Å². The largest absolute Gasteiger partial charge is 0.433 e. The normalized spacial score (nSPS) is 10.9. The van der Waals surface area contributed by atoms with Crippen molar-refractivity contribution >= 4 is 23.2 Å². The van der Waals surface area contributed by atoms with Gasteiger partial charge in [-0.2, -0.15) is 8.78 Å². The first-order valence-corrected chi connectivity index (χ1v) is 7.21. The van der Waals surface area contributed by atoms with Gasteiger partial charge in [0.1, 0.15) is 5.75 Å². The molecule has 0 aliphatic carbocycles. The highest BCUT2D eigenvalue weighted by Gasteiger charge is 2.16. The van der Waals surface area contributed by atoms with Gasteiger partial charge in [0.05, 0.1) is 11.4 Å². The predicted molar refractivity (Wildman–Crippen MR) is 81.0 cm³/mol. The molecule has 124 valence electrons. The molecule has 0 bridgehead atoms. The van der Waals surface area contributed by atoms with Crippen LogP contribution in [0.25, 0.3) is 0 Å². The molecule has 0 fully saturated rings. The van der Waals surface area contributed by atoms with Gasteiger partial charge < -0.3 is 14.6 Å². The van der Waals surface area contributed by atoms with Gasteiger partial charge in [-0.05, 0) is 43.5 Å². The molecule has 2 rings (SSSR count). The fourth-order valence-electron chi connectivity index (χ4n) is 2.08. The Morgan fingerprint density at radius 3 is 2.78 bits per heavy atom. The molecular formula is C15H15ClF2N2O3. The highest BCUT2D eigenvalue weighted by molar-refractivity contribution is 6.29. The Hall–Kier alpha value is -2.15. The molecular weight excluding hydrogens is 330 g/mol. The van der Waals surface area contributed by atoms with E-state index >= 15 is 0 Å². The summed E-state index contributed by atoms with van der Waals surface area (Å²) in [6.45, 7) is 0.443. The smallest absolute Gasteiger partial charge is 0.387 e. The summed E-state index contributed by atoms with van der Waals surface area (Å²) in [6, 6.07) is 4.63. The number of aryl methyl sites for hydroxylation is 2. The number of para-hydroxylation sites is 1. The van der Waals surface area contributed by atoms with E-state index in [1.54, 1.807) is 26.0 Å². The van der Waals surface area contributed by atoms with Gasteiger partial charge in [0, 0.05) is 12.0 Å². The summed E-state index contributed by atoms with van der Waals surface area (Å²) >= 11 is 5.83. The number of nitrogens with one attached hydrogen (secondary N) is 1. The topological polar surface area (TPSA) is 64.4 Å². The van der Waals surface area contributed by atoms with Gasteiger partial charge in [0.25, 0.3) is 0 Å². The predicted octanol–water partition coefficient (Wildman–Crippen LogP) is 4.12. The molecule has 0 saturated carbocycles. The van der Waals surface area contributed by atoms with Crippen molar-refractivity contribution in [2.45, 2.75) is 33.3 Å². The summed E-state index contributed by atoms with van der Waals surface area (Å²) in [4.78, 5) is 12.1. The number of benzene rings is 1. The SMILES string of the molecule is Cc1cccc(OC(F)F)c1NC(=O)CCc1c(C)noc1Cl. The number of hydrogen-bond acceptors (Lipinski definition) is 4. The maximum Gasteiger partial charge on any atom is 0.387 e. The second kappa shape index (κ2) is 7.41. The highest BCUT2D eigenvalue weighted by Crippen LogP contribution is 2.30. The number of halogens is 3. The van der Waals surface area contributed by atoms with E-state index in [2.05, 4.69) is 15.2 Å². The molecule has 23 heavy (non-hydrogen) atoms. The molecule has 0 aliphatic rings. The average Bonchev–Trinajstić information content (AvgIpc) is 2.79. The molecule has 1 heterocycles. The van der Waals surface area contributed by atoms with E-state index in [-0.39, 0.29) is 29.0 Å². The molecule has 1 aromatic heterocycles. The maximum absolute atomic E-state index is 12.4. The molecule has 0 radical (unpaired) electrons. The van der Waals surface area contributed by atoms with E-state index in [0.717, 1.165) is 0 Å². The standard InChI is InChI=1S/C15H15ClF2N2O3/c1-8-4-3-5-11(22-15(17)18)13(8)19-12(21)7-6-10-9(2)20-23-14(10)16/h3-5,15H,6-7H2,1-2H3,(H,19,21). The molecule has 2 aromatic rings. The zero-order valence-electron chi connectivity index (χ0n) is 12.5. The fraction of sp³-hybridized carbons (Fsp3) is 0.333. The molecule has 1 aromatic carbocycles. The lowest BCUT2D eigenvalue weighted by Crippen LogP contribution is -2.15. The summed E-state index contributed by atoms with van der Waals surface area (Å²) in [6.07, 6.45) is 0.432. The van der Waals surface area contributed by atoms with E-state index in [1.807, 2.05) is 0 Å². The number of anilines is 1. The molecule has 0 saturated heterocycles. The molecule has 8 heteroatoms. The zero-order valence-corrected chi connectivity index (χ0v) is 13.3. The lowest BCUT2D eigenvalue weighted by molar-refractivity contribution is -0.116. The Morgan fingerprint density at radius 1 is 1.43 bits per heavy atom. The first-order chi connectivity index (χ1) is 10.9. The number of rotatable bonds is 6. The van der Waals surface area contributed by atoms with Crippen LogP contribution in [0.4, 0.5) is 14.5 Å². The van der Waals surface area contributed by atoms with Crippen LogP contribution in [0.2, 0.25) is 5.22 Å². The van der Waals surface area contributed by atoms with E-state index in [4.69, 9.17) is 16.1 Å². The van der Waals surface area contributed by atoms with Crippen LogP contribution in [-0.2, 0) is 11.2 Å². The van der Waals surface area contributed by atoms with E-state index < -0.39 is 6.61 Å². The van der Waals surface area contributed by atoms with Crippen molar-refractivity contribution in [3.8, 4) is 5.75 Å². The minimum atomic E-state index is -2.97. The summed E-state index contributed by atoms with van der Waals surface area (Å²) in [5, 5.41) is 6.44. The third kappa shape index (κ3) is 4.41. The Bertz CT molecular complexity index is 685. The number of alkyl halides is 2. The summed E-state index contributed by atoms with van der Waals surface area (Å²) < 4.78 is 34.1. The van der Waals surface area contributed by atoms with Crippen LogP contribution in [0.15, 0.2) is 22.7 Å². The molecule has 1 N–H and O–H groups in total. The Balaban J connectivity index is 2.05. The maximum atomic E-state index is 12.4. The lowest BCUT2D eigenvalue weighted by atomic mass is 10.1. The number of carbonyl (C=O) groups excluding carboxylic acids is 1. The number of ether oxygens (including phenoxy) is 1. The van der Waals surface area contributed by atoms with Gasteiger partial charge >= 0.3 is 6.61 Å². The van der Waals surface area contributed by atoms with Gasteiger partial charge in [0.15, 0.2) is 0 Å². The quantitative estimate of drug-likeness (QED) is 0.856. The van der Waals surface area contributed by atoms with Crippen LogP contribution >= 0.6 is 11.6 Å². The van der Waals surface area contributed by atoms with Crippen LogP contribution in [0.3, 0.4) is 0 Å². The summed E-state index contributed by atoms with van der Waals surface area (Å²) in [7, 11) is 0. The van der Waals surface area contributed by atoms with Crippen molar-refractivity contribution in [3.63, 3.8) is 0 Å². The highest BCUT2D eigenvalue weighted by atomic mass is 35.5. The first-order valence-electron chi connectivity index (χ1n) is 6.83. The third-order valence-electron chi connectivity index (χ3n) is 3.25. The van der Waals surface area contributed by atoms with Crippen molar-refractivity contribution in [2.24, 2.45) is 0 Å². The van der Waals surface area contributed by atoms with Crippen molar-refractivity contribution in [1.29, 1.82) is 0 Å². The minimum absolute atomic E-state index is 0.0764. The minimum Gasteiger partial charge on any atom is -0.433 e. The number of nitrogens with zero attached hydrogens (tertiary/aromatic N) is 1. The molecule has 0 unspecified atom stereocenters. The van der Waals surface area contributed by atoms with Crippen LogP contribution in [0.5, 0.6) is 5.75 Å². The van der Waals surface area contributed by atoms with Gasteiger partial charge in [-0.3, -0.25) is 4.79 Å². The van der Waals surface area contributed by atoms with Crippen molar-refractivity contribution < 1.29 is 22.8 Å². The monoisotopic (exact) mass is 344 g/mol. The number of hydrogen-bond donors (Lipinski definition) is 1. The Labute approximate surface area is 136 Å². The molecule has 0 spiro atoms. The van der Waals surface area contributed by atoms with Crippen molar-refractivity contribution in [3.05, 3.63) is 40.2 Å². The number of amides is 1. The van der Waals surface area contributed by atoms with E-state index in [1.165, 1.54) is 6.07 Å².